The highest BCUT2D eigenvalue weighted by molar-refractivity contribution is 5.31. The van der Waals surface area contributed by atoms with Crippen molar-refractivity contribution in [1.82, 2.24) is 5.32 Å². The summed E-state index contributed by atoms with van der Waals surface area (Å²) >= 11 is 0. The highest BCUT2D eigenvalue weighted by atomic mass is 19.1. The van der Waals surface area contributed by atoms with E-state index in [4.69, 9.17) is 9.47 Å². The minimum atomic E-state index is -0.198. The van der Waals surface area contributed by atoms with E-state index < -0.39 is 0 Å². The van der Waals surface area contributed by atoms with Crippen LogP contribution in [0.3, 0.4) is 0 Å². The van der Waals surface area contributed by atoms with Crippen LogP contribution in [-0.2, 0) is 16.1 Å². The number of rotatable bonds is 5. The summed E-state index contributed by atoms with van der Waals surface area (Å²) in [6.07, 6.45) is 9.40. The Morgan fingerprint density at radius 3 is 2.70 bits per heavy atom. The summed E-state index contributed by atoms with van der Waals surface area (Å²) in [5.74, 6) is 0.765. The third-order valence-corrected chi connectivity index (χ3v) is 5.90. The van der Waals surface area contributed by atoms with Crippen molar-refractivity contribution in [3.63, 3.8) is 0 Å². The van der Waals surface area contributed by atoms with Gasteiger partial charge < -0.3 is 14.8 Å². The number of hydrogen-bond donors (Lipinski definition) is 1. The molecule has 0 saturated carbocycles. The minimum Gasteiger partial charge on any atom is -0.380 e. The molecule has 0 bridgehead atoms. The molecule has 3 aliphatic rings. The highest BCUT2D eigenvalue weighted by Gasteiger charge is 2.23. The predicted molar refractivity (Wildman–Crippen MR) is 105 cm³/mol. The average molecular weight is 369 g/mol. The zero-order chi connectivity index (χ0) is 18.6. The lowest BCUT2D eigenvalue weighted by molar-refractivity contribution is 0.00827. The molecule has 0 spiro atoms. The third-order valence-electron chi connectivity index (χ3n) is 5.90. The lowest BCUT2D eigenvalue weighted by atomic mass is 9.86. The molecule has 1 aromatic rings. The van der Waals surface area contributed by atoms with Crippen LogP contribution in [0.2, 0.25) is 0 Å². The van der Waals surface area contributed by atoms with Crippen molar-refractivity contribution in [1.29, 1.82) is 0 Å². The summed E-state index contributed by atoms with van der Waals surface area (Å²) in [6, 6.07) is 5.45. The van der Waals surface area contributed by atoms with Gasteiger partial charge in [0.1, 0.15) is 5.82 Å². The molecular formula is C23H28FNO2. The molecule has 2 fully saturated rings. The smallest absolute Gasteiger partial charge is 0.129 e. The molecule has 27 heavy (non-hydrogen) atoms. The molecule has 4 heteroatoms. The fraction of sp³-hybridized carbons (Fsp3) is 0.478. The van der Waals surface area contributed by atoms with Gasteiger partial charge in [-0.15, -0.1) is 0 Å². The van der Waals surface area contributed by atoms with Crippen molar-refractivity contribution in [3.8, 4) is 0 Å². The first-order valence-electron chi connectivity index (χ1n) is 9.94. The van der Waals surface area contributed by atoms with E-state index in [1.807, 2.05) is 18.2 Å². The Labute approximate surface area is 160 Å². The fourth-order valence-corrected chi connectivity index (χ4v) is 4.03. The van der Waals surface area contributed by atoms with Crippen LogP contribution in [0.15, 0.2) is 54.2 Å². The largest absolute Gasteiger partial charge is 0.380 e. The summed E-state index contributed by atoms with van der Waals surface area (Å²) < 4.78 is 25.6. The van der Waals surface area contributed by atoms with Crippen molar-refractivity contribution in [2.75, 3.05) is 26.3 Å². The Morgan fingerprint density at radius 1 is 1.19 bits per heavy atom. The van der Waals surface area contributed by atoms with Gasteiger partial charge in [0.2, 0.25) is 0 Å². The van der Waals surface area contributed by atoms with Gasteiger partial charge in [0, 0.05) is 11.5 Å². The Kier molecular flexibility index (Phi) is 5.86. The average Bonchev–Trinajstić information content (AvgIpc) is 2.82. The molecule has 1 aliphatic carbocycles. The maximum absolute atomic E-state index is 14.4. The summed E-state index contributed by atoms with van der Waals surface area (Å²) in [7, 11) is 0. The van der Waals surface area contributed by atoms with Crippen LogP contribution in [0, 0.1) is 11.7 Å². The Bertz CT molecular complexity index is 745. The lowest BCUT2D eigenvalue weighted by Gasteiger charge is -2.27. The summed E-state index contributed by atoms with van der Waals surface area (Å²) in [6.45, 7) is 8.05. The maximum atomic E-state index is 14.4. The topological polar surface area (TPSA) is 30.5 Å². The van der Waals surface area contributed by atoms with Crippen molar-refractivity contribution in [2.45, 2.75) is 37.9 Å². The number of hydrogen-bond acceptors (Lipinski definition) is 3. The van der Waals surface area contributed by atoms with E-state index in [2.05, 4.69) is 24.0 Å². The SMILES string of the molecule is C=C1CC(C2CCNCC2)=CC=CC1OCc1ccc(C2COC2)cc1F. The lowest BCUT2D eigenvalue weighted by Crippen LogP contribution is -2.28. The fourth-order valence-electron chi connectivity index (χ4n) is 4.03. The van der Waals surface area contributed by atoms with E-state index in [0.717, 1.165) is 30.6 Å². The van der Waals surface area contributed by atoms with Gasteiger partial charge in [-0.2, -0.15) is 0 Å². The second-order valence-electron chi connectivity index (χ2n) is 7.80. The number of benzene rings is 1. The summed E-state index contributed by atoms with van der Waals surface area (Å²) in [5.41, 5.74) is 4.10. The van der Waals surface area contributed by atoms with Gasteiger partial charge in [-0.3, -0.25) is 0 Å². The molecule has 0 amide bonds. The number of allylic oxidation sites excluding steroid dienone is 3. The number of halogens is 1. The predicted octanol–water partition coefficient (Wildman–Crippen LogP) is 4.27. The number of nitrogens with one attached hydrogen (secondary N) is 1. The molecule has 0 aromatic heterocycles. The van der Waals surface area contributed by atoms with Gasteiger partial charge in [-0.1, -0.05) is 42.5 Å². The molecule has 2 saturated heterocycles. The van der Waals surface area contributed by atoms with E-state index in [9.17, 15) is 4.39 Å². The zero-order valence-electron chi connectivity index (χ0n) is 15.8. The first kappa shape index (κ1) is 18.6. The van der Waals surface area contributed by atoms with Gasteiger partial charge in [-0.05, 0) is 55.5 Å². The zero-order valence-corrected chi connectivity index (χ0v) is 15.8. The third kappa shape index (κ3) is 4.40. The summed E-state index contributed by atoms with van der Waals surface area (Å²) in [5, 5.41) is 3.42. The van der Waals surface area contributed by atoms with Crippen LogP contribution in [0.4, 0.5) is 4.39 Å². The molecule has 1 unspecified atom stereocenters. The van der Waals surface area contributed by atoms with Crippen molar-refractivity contribution in [3.05, 3.63) is 71.1 Å². The van der Waals surface area contributed by atoms with Crippen LogP contribution in [0.5, 0.6) is 0 Å². The minimum absolute atomic E-state index is 0.167. The molecule has 144 valence electrons. The van der Waals surface area contributed by atoms with Crippen LogP contribution >= 0.6 is 0 Å². The van der Waals surface area contributed by atoms with Gasteiger partial charge in [0.15, 0.2) is 0 Å². The molecule has 1 aromatic carbocycles. The molecule has 3 nitrogen and oxygen atoms in total. The van der Waals surface area contributed by atoms with E-state index in [-0.39, 0.29) is 18.5 Å². The van der Waals surface area contributed by atoms with E-state index in [1.165, 1.54) is 18.4 Å². The molecule has 4 rings (SSSR count). The standard InChI is InChI=1S/C23H28FNO2/c1-16-11-18(17-7-9-25-10-8-17)3-2-4-23(16)27-15-20-6-5-19(12-22(20)24)21-13-26-14-21/h2-6,12,17,21,23,25H,1,7-11,13-15H2. The Morgan fingerprint density at radius 2 is 2.00 bits per heavy atom. The Hall–Kier alpha value is -1.75. The second-order valence-corrected chi connectivity index (χ2v) is 7.80. The van der Waals surface area contributed by atoms with Gasteiger partial charge in [0.25, 0.3) is 0 Å². The molecule has 0 radical (unpaired) electrons. The van der Waals surface area contributed by atoms with Crippen LogP contribution in [0.25, 0.3) is 0 Å². The van der Waals surface area contributed by atoms with E-state index in [1.54, 1.807) is 6.07 Å². The monoisotopic (exact) mass is 369 g/mol. The van der Waals surface area contributed by atoms with Crippen molar-refractivity contribution < 1.29 is 13.9 Å². The highest BCUT2D eigenvalue weighted by Crippen LogP contribution is 2.31. The number of ether oxygens (including phenoxy) is 2. The quantitative estimate of drug-likeness (QED) is 0.787. The first-order valence-corrected chi connectivity index (χ1v) is 9.94. The van der Waals surface area contributed by atoms with Gasteiger partial charge in [-0.25, -0.2) is 4.39 Å². The second kappa shape index (κ2) is 8.51. The van der Waals surface area contributed by atoms with Crippen LogP contribution in [0.1, 0.15) is 36.3 Å². The van der Waals surface area contributed by atoms with Gasteiger partial charge >= 0.3 is 0 Å². The number of piperidine rings is 1. The Balaban J connectivity index is 1.34. The van der Waals surface area contributed by atoms with E-state index >= 15 is 0 Å². The molecule has 2 aliphatic heterocycles. The molecular weight excluding hydrogens is 341 g/mol. The van der Waals surface area contributed by atoms with Crippen LogP contribution in [-0.4, -0.2) is 32.4 Å². The first-order chi connectivity index (χ1) is 13.2. The normalized spacial score (nSPS) is 24.4. The van der Waals surface area contributed by atoms with Gasteiger partial charge in [0.05, 0.1) is 25.9 Å². The van der Waals surface area contributed by atoms with Crippen molar-refractivity contribution >= 4 is 0 Å². The molecule has 2 heterocycles. The summed E-state index contributed by atoms with van der Waals surface area (Å²) in [4.78, 5) is 0. The maximum Gasteiger partial charge on any atom is 0.129 e. The van der Waals surface area contributed by atoms with E-state index in [0.29, 0.717) is 30.6 Å². The molecule has 1 atom stereocenters. The van der Waals surface area contributed by atoms with Crippen molar-refractivity contribution in [2.24, 2.45) is 5.92 Å². The van der Waals surface area contributed by atoms with Crippen LogP contribution < -0.4 is 5.32 Å². The molecule has 1 N–H and O–H groups in total.